The molecule has 4 aliphatic rings. The minimum atomic E-state index is -1.24. The van der Waals surface area contributed by atoms with Crippen molar-refractivity contribution in [3.05, 3.63) is 22.9 Å². The lowest BCUT2D eigenvalue weighted by molar-refractivity contribution is -0.112. The molecular weight excluding hydrogens is 312 g/mol. The Hall–Kier alpha value is -1.42. The Morgan fingerprint density at radius 1 is 1.12 bits per heavy atom. The second-order valence-corrected chi connectivity index (χ2v) is 10.6. The number of carbonyl (C=O) groups is 1. The Balaban J connectivity index is 2.09. The largest absolute Gasteiger partial charge is 0.383 e. The van der Waals surface area contributed by atoms with Gasteiger partial charge < -0.3 is 10.4 Å². The molecule has 2 atom stereocenters. The summed E-state index contributed by atoms with van der Waals surface area (Å²) in [4.78, 5) is 18.4. The maximum absolute atomic E-state index is 13.5. The molecule has 4 rings (SSSR count). The van der Waals surface area contributed by atoms with Crippen molar-refractivity contribution < 1.29 is 9.90 Å². The summed E-state index contributed by atoms with van der Waals surface area (Å²) in [5.74, 6) is 0.0150. The summed E-state index contributed by atoms with van der Waals surface area (Å²) in [5, 5.41) is 15.6. The zero-order valence-electron chi connectivity index (χ0n) is 16.5. The van der Waals surface area contributed by atoms with Gasteiger partial charge in [0.15, 0.2) is 5.78 Å². The lowest BCUT2D eigenvalue weighted by atomic mass is 9.50. The number of hydrogen-bond acceptors (Lipinski definition) is 4. The summed E-state index contributed by atoms with van der Waals surface area (Å²) in [7, 11) is 0. The SMILES string of the molecule is CC1=C2C(=O)C3=CC(C)(C)N=C4CC(C)(C)C[C@@]2(CC(C)(C)N1)[C@]34O. The molecule has 2 aliphatic heterocycles. The highest BCUT2D eigenvalue weighted by atomic mass is 16.3. The van der Waals surface area contributed by atoms with E-state index in [1.54, 1.807) is 0 Å². The summed E-state index contributed by atoms with van der Waals surface area (Å²) in [6, 6.07) is 0. The van der Waals surface area contributed by atoms with Crippen molar-refractivity contribution in [3.63, 3.8) is 0 Å². The zero-order valence-corrected chi connectivity index (χ0v) is 16.5. The second kappa shape index (κ2) is 4.28. The van der Waals surface area contributed by atoms with Gasteiger partial charge in [-0.25, -0.2) is 0 Å². The van der Waals surface area contributed by atoms with Gasteiger partial charge in [-0.15, -0.1) is 0 Å². The first-order valence-electron chi connectivity index (χ1n) is 9.32. The summed E-state index contributed by atoms with van der Waals surface area (Å²) < 4.78 is 0. The third-order valence-corrected chi connectivity index (χ3v) is 6.44. The van der Waals surface area contributed by atoms with E-state index in [-0.39, 0.29) is 16.7 Å². The maximum atomic E-state index is 13.5. The van der Waals surface area contributed by atoms with Crippen molar-refractivity contribution in [3.8, 4) is 0 Å². The first kappa shape index (κ1) is 17.0. The summed E-state index contributed by atoms with van der Waals surface area (Å²) in [6.07, 6.45) is 4.18. The number of ketones is 1. The molecule has 2 fully saturated rings. The molecule has 2 heterocycles. The average Bonchev–Trinajstić information content (AvgIpc) is 2.53. The Bertz CT molecular complexity index is 797. The molecule has 0 aromatic heterocycles. The van der Waals surface area contributed by atoms with Crippen LogP contribution in [0.5, 0.6) is 0 Å². The van der Waals surface area contributed by atoms with Crippen LogP contribution in [0.1, 0.15) is 67.7 Å². The monoisotopic (exact) mass is 342 g/mol. The van der Waals surface area contributed by atoms with Crippen molar-refractivity contribution in [2.45, 2.75) is 84.4 Å². The number of aliphatic hydroxyl groups is 1. The summed E-state index contributed by atoms with van der Waals surface area (Å²) in [5.41, 5.74) is 0.617. The highest BCUT2D eigenvalue weighted by molar-refractivity contribution is 6.23. The van der Waals surface area contributed by atoms with Crippen molar-refractivity contribution >= 4 is 11.5 Å². The fourth-order valence-corrected chi connectivity index (χ4v) is 6.26. The summed E-state index contributed by atoms with van der Waals surface area (Å²) >= 11 is 0. The van der Waals surface area contributed by atoms with E-state index in [1.807, 2.05) is 26.8 Å². The Morgan fingerprint density at radius 3 is 2.40 bits per heavy atom. The number of allylic oxidation sites excluding steroid dienone is 1. The van der Waals surface area contributed by atoms with Crippen LogP contribution in [0.25, 0.3) is 0 Å². The van der Waals surface area contributed by atoms with Crippen LogP contribution in [0.2, 0.25) is 0 Å². The van der Waals surface area contributed by atoms with Crippen molar-refractivity contribution in [2.24, 2.45) is 15.8 Å². The maximum Gasteiger partial charge on any atom is 0.190 e. The number of nitrogens with one attached hydrogen (secondary N) is 1. The van der Waals surface area contributed by atoms with Crippen molar-refractivity contribution in [1.29, 1.82) is 0 Å². The van der Waals surface area contributed by atoms with E-state index in [9.17, 15) is 9.90 Å². The lowest BCUT2D eigenvalue weighted by Crippen LogP contribution is -2.64. The van der Waals surface area contributed by atoms with E-state index in [2.05, 4.69) is 33.0 Å². The Morgan fingerprint density at radius 2 is 1.76 bits per heavy atom. The molecule has 0 bridgehead atoms. The minimum absolute atomic E-state index is 0.00678. The molecule has 2 N–H and O–H groups in total. The Labute approximate surface area is 150 Å². The number of hydrogen-bond donors (Lipinski definition) is 2. The smallest absolute Gasteiger partial charge is 0.190 e. The first-order valence-corrected chi connectivity index (χ1v) is 9.32. The van der Waals surface area contributed by atoms with Crippen molar-refractivity contribution in [2.75, 3.05) is 0 Å². The van der Waals surface area contributed by atoms with E-state index in [4.69, 9.17) is 4.99 Å². The van der Waals surface area contributed by atoms with Crippen molar-refractivity contribution in [1.82, 2.24) is 5.32 Å². The minimum Gasteiger partial charge on any atom is -0.383 e. The van der Waals surface area contributed by atoms with Gasteiger partial charge in [0.25, 0.3) is 0 Å². The Kier molecular flexibility index (Phi) is 2.91. The normalized spacial score (nSPS) is 39.9. The highest BCUT2D eigenvalue weighted by Crippen LogP contribution is 2.67. The van der Waals surface area contributed by atoms with Gasteiger partial charge >= 0.3 is 0 Å². The van der Waals surface area contributed by atoms with Crippen LogP contribution in [0.3, 0.4) is 0 Å². The van der Waals surface area contributed by atoms with Crippen LogP contribution >= 0.6 is 0 Å². The van der Waals surface area contributed by atoms with E-state index < -0.39 is 16.6 Å². The summed E-state index contributed by atoms with van der Waals surface area (Å²) in [6.45, 7) is 14.8. The van der Waals surface area contributed by atoms with Gasteiger partial charge in [-0.3, -0.25) is 9.79 Å². The van der Waals surface area contributed by atoms with Gasteiger partial charge in [0.05, 0.1) is 11.3 Å². The molecule has 0 aromatic rings. The van der Waals surface area contributed by atoms with E-state index in [0.717, 1.165) is 36.2 Å². The zero-order chi connectivity index (χ0) is 18.6. The van der Waals surface area contributed by atoms with Gasteiger partial charge in [-0.1, -0.05) is 13.8 Å². The van der Waals surface area contributed by atoms with E-state index >= 15 is 0 Å². The van der Waals surface area contributed by atoms with Gasteiger partial charge in [0, 0.05) is 27.8 Å². The molecule has 25 heavy (non-hydrogen) atoms. The first-order chi connectivity index (χ1) is 11.2. The number of nitrogens with zero attached hydrogens (tertiary/aromatic N) is 1. The van der Waals surface area contributed by atoms with Gasteiger partial charge in [-0.2, -0.15) is 0 Å². The highest BCUT2D eigenvalue weighted by Gasteiger charge is 2.72. The number of rotatable bonds is 0. The number of carbonyl (C=O) groups excluding carboxylic acids is 1. The topological polar surface area (TPSA) is 61.7 Å². The molecule has 0 unspecified atom stereocenters. The predicted molar refractivity (Wildman–Crippen MR) is 99.5 cm³/mol. The van der Waals surface area contributed by atoms with Crippen LogP contribution in [0, 0.1) is 10.8 Å². The van der Waals surface area contributed by atoms with E-state index in [1.165, 1.54) is 0 Å². The van der Waals surface area contributed by atoms with Gasteiger partial charge in [0.2, 0.25) is 0 Å². The van der Waals surface area contributed by atoms with Crippen LogP contribution in [0.4, 0.5) is 0 Å². The van der Waals surface area contributed by atoms with E-state index in [0.29, 0.717) is 5.57 Å². The third-order valence-electron chi connectivity index (χ3n) is 6.44. The predicted octanol–water partition coefficient (Wildman–Crippen LogP) is 3.31. The number of dihydropyridines is 1. The molecule has 4 heteroatoms. The molecule has 0 amide bonds. The van der Waals surface area contributed by atoms with Crippen LogP contribution < -0.4 is 5.32 Å². The number of aliphatic imine (C=N–C) groups is 1. The van der Waals surface area contributed by atoms with Crippen LogP contribution in [0.15, 0.2) is 27.9 Å². The molecule has 0 radical (unpaired) electrons. The molecule has 0 aromatic carbocycles. The van der Waals surface area contributed by atoms with Crippen LogP contribution in [-0.4, -0.2) is 33.3 Å². The molecule has 2 aliphatic carbocycles. The third kappa shape index (κ3) is 1.98. The number of Topliss-reactive ketones (excluding diaryl/α,β-unsaturated/α-hetero) is 1. The standard InChI is InChI=1S/C21H30N2O2/c1-12-15-16(24)13-8-18(4,5)23-14-9-17(2,3)10-20(15,21(13,14)25)11-19(6,7)22-12/h8,22,25H,9-11H2,1-7H3/t20-,21-/m0/s1. The molecule has 0 saturated heterocycles. The molecule has 4 nitrogen and oxygen atoms in total. The fraction of sp³-hybridized carbons (Fsp3) is 0.714. The molecule has 2 saturated carbocycles. The quantitative estimate of drug-likeness (QED) is 0.710. The van der Waals surface area contributed by atoms with Crippen LogP contribution in [-0.2, 0) is 4.79 Å². The fourth-order valence-electron chi connectivity index (χ4n) is 6.26. The lowest BCUT2D eigenvalue weighted by Gasteiger charge is -2.58. The average molecular weight is 342 g/mol. The van der Waals surface area contributed by atoms with Gasteiger partial charge in [-0.05, 0) is 65.4 Å². The van der Waals surface area contributed by atoms with Gasteiger partial charge in [0.1, 0.15) is 5.60 Å². The second-order valence-electron chi connectivity index (χ2n) is 10.6. The molecule has 136 valence electrons. The molecular formula is C21H30N2O2. The molecule has 1 spiro atoms.